The molecule has 0 aromatic carbocycles. The molecule has 31 heavy (non-hydrogen) atoms. The molecule has 1 aliphatic heterocycles. The maximum Gasteiger partial charge on any atom is 0.378 e. The number of hydrogen-bond donors (Lipinski definition) is 3. The molecule has 0 radical (unpaired) electrons. The highest BCUT2D eigenvalue weighted by atomic mass is 16.7. The van der Waals surface area contributed by atoms with E-state index in [1.165, 1.54) is 20.2 Å². The van der Waals surface area contributed by atoms with Crippen molar-refractivity contribution in [2.24, 2.45) is 5.92 Å². The van der Waals surface area contributed by atoms with E-state index < -0.39 is 11.5 Å². The number of carbonyl (C=O) groups excluding carboxylic acids is 2. The molecule has 2 fully saturated rings. The second-order valence-corrected chi connectivity index (χ2v) is 8.46. The van der Waals surface area contributed by atoms with E-state index in [0.717, 1.165) is 25.7 Å². The molecule has 0 unspecified atom stereocenters. The summed E-state index contributed by atoms with van der Waals surface area (Å²) in [5.74, 6) is -1.12. The normalized spacial score (nSPS) is 17.1. The number of fused-ring (bicyclic) bond motifs is 1. The van der Waals surface area contributed by atoms with Gasteiger partial charge in [0.1, 0.15) is 0 Å². The highest BCUT2D eigenvalue weighted by molar-refractivity contribution is 5.96. The van der Waals surface area contributed by atoms with Crippen molar-refractivity contribution in [3.63, 3.8) is 0 Å². The lowest BCUT2D eigenvalue weighted by Gasteiger charge is -2.24. The van der Waals surface area contributed by atoms with Gasteiger partial charge in [-0.05, 0) is 37.7 Å². The molecule has 2 aliphatic rings. The van der Waals surface area contributed by atoms with E-state index >= 15 is 0 Å². The van der Waals surface area contributed by atoms with Gasteiger partial charge in [0.2, 0.25) is 5.56 Å². The van der Waals surface area contributed by atoms with Crippen LogP contribution in [0.5, 0.6) is 5.88 Å². The largest absolute Gasteiger partial charge is 0.477 e. The number of aromatic nitrogens is 3. The highest BCUT2D eigenvalue weighted by Gasteiger charge is 2.34. The topological polar surface area (TPSA) is 120 Å². The zero-order valence-electron chi connectivity index (χ0n) is 17.8. The second-order valence-electron chi connectivity index (χ2n) is 8.46. The Kier molecular flexibility index (Phi) is 5.81. The minimum absolute atomic E-state index is 0.0516. The molecular weight excluding hydrogens is 402 g/mol. The van der Waals surface area contributed by atoms with Crippen molar-refractivity contribution in [3.8, 4) is 5.88 Å². The van der Waals surface area contributed by atoms with Gasteiger partial charge in [-0.3, -0.25) is 14.4 Å². The fourth-order valence-electron chi connectivity index (χ4n) is 3.62. The van der Waals surface area contributed by atoms with Crippen LogP contribution in [0.1, 0.15) is 55.5 Å². The maximum atomic E-state index is 13.0. The first kappa shape index (κ1) is 21.1. The molecule has 3 heterocycles. The number of hydroxylamine groups is 2. The first-order chi connectivity index (χ1) is 14.9. The van der Waals surface area contributed by atoms with Crippen molar-refractivity contribution in [3.05, 3.63) is 33.8 Å². The molecule has 10 nitrogen and oxygen atoms in total. The summed E-state index contributed by atoms with van der Waals surface area (Å²) >= 11 is 0. The monoisotopic (exact) mass is 430 g/mol. The highest BCUT2D eigenvalue weighted by Crippen LogP contribution is 2.21. The standard InChI is InChI=1S/C21H27N5O5/c1-13(2)12-24-19-14(5-8-16(27)25-9-3-4-10-31-25)11-22-26(19)21(30)17(20(24)29)18(28)23-15-6-7-15/h5,8,11,13,15H,3-4,6-7,9-10,12H2,1-2H3,(H2,23,28,29,30)/p+1/b8-5+. The van der Waals surface area contributed by atoms with Crippen LogP contribution in [-0.2, 0) is 16.2 Å². The number of hydrogen-bond acceptors (Lipinski definition) is 5. The lowest BCUT2D eigenvalue weighted by atomic mass is 10.2. The average molecular weight is 430 g/mol. The van der Waals surface area contributed by atoms with E-state index in [-0.39, 0.29) is 29.3 Å². The quantitative estimate of drug-likeness (QED) is 0.461. The number of H-pyrrole nitrogens is 1. The first-order valence-electron chi connectivity index (χ1n) is 10.7. The van der Waals surface area contributed by atoms with Gasteiger partial charge in [0.15, 0.2) is 0 Å². The minimum Gasteiger partial charge on any atom is -0.477 e. The average Bonchev–Trinajstić information content (AvgIpc) is 3.45. The number of amides is 2. The number of nitrogens with zero attached hydrogens (tertiary/aromatic N) is 3. The Labute approximate surface area is 179 Å². The molecule has 0 bridgehead atoms. The van der Waals surface area contributed by atoms with Crippen LogP contribution in [0, 0.1) is 5.92 Å². The molecule has 0 atom stereocenters. The van der Waals surface area contributed by atoms with Gasteiger partial charge in [-0.2, -0.15) is 4.57 Å². The van der Waals surface area contributed by atoms with Crippen molar-refractivity contribution in [2.45, 2.75) is 52.1 Å². The maximum absolute atomic E-state index is 13.0. The van der Waals surface area contributed by atoms with Crippen LogP contribution in [0.25, 0.3) is 11.7 Å². The third-order valence-electron chi connectivity index (χ3n) is 5.31. The third kappa shape index (κ3) is 4.34. The number of aromatic hydroxyl groups is 1. The van der Waals surface area contributed by atoms with Gasteiger partial charge in [-0.25, -0.2) is 15.0 Å². The van der Waals surface area contributed by atoms with Crippen molar-refractivity contribution in [1.29, 1.82) is 0 Å². The van der Waals surface area contributed by atoms with E-state index in [9.17, 15) is 19.5 Å². The summed E-state index contributed by atoms with van der Waals surface area (Å²) in [6.07, 6.45) is 8.06. The Balaban J connectivity index is 1.75. The predicted molar refractivity (Wildman–Crippen MR) is 111 cm³/mol. The van der Waals surface area contributed by atoms with E-state index in [0.29, 0.717) is 30.9 Å². The van der Waals surface area contributed by atoms with Crippen LogP contribution in [0.15, 0.2) is 17.1 Å². The molecule has 2 aromatic rings. The van der Waals surface area contributed by atoms with E-state index in [1.807, 2.05) is 13.8 Å². The molecule has 166 valence electrons. The van der Waals surface area contributed by atoms with Crippen LogP contribution < -0.4 is 15.4 Å². The number of carbonyl (C=O) groups is 2. The Morgan fingerprint density at radius 3 is 2.81 bits per heavy atom. The van der Waals surface area contributed by atoms with Gasteiger partial charge in [-0.1, -0.05) is 18.4 Å². The van der Waals surface area contributed by atoms with Crippen LogP contribution in [0.3, 0.4) is 0 Å². The van der Waals surface area contributed by atoms with E-state index in [4.69, 9.17) is 4.84 Å². The summed E-state index contributed by atoms with van der Waals surface area (Å²) in [7, 11) is 0. The molecule has 1 saturated carbocycles. The lowest BCUT2D eigenvalue weighted by Crippen LogP contribution is -2.46. The molecule has 0 spiro atoms. The molecular formula is C21H28N5O5+. The van der Waals surface area contributed by atoms with Gasteiger partial charge < -0.3 is 10.4 Å². The Bertz CT molecular complexity index is 1090. The number of nitrogens with one attached hydrogen (secondary N) is 2. The zero-order valence-corrected chi connectivity index (χ0v) is 17.8. The Morgan fingerprint density at radius 1 is 1.39 bits per heavy atom. The molecule has 1 saturated heterocycles. The zero-order chi connectivity index (χ0) is 22.1. The van der Waals surface area contributed by atoms with Gasteiger partial charge in [0.25, 0.3) is 11.8 Å². The van der Waals surface area contributed by atoms with Crippen molar-refractivity contribution >= 4 is 23.5 Å². The lowest BCUT2D eigenvalue weighted by molar-refractivity contribution is -0.686. The molecule has 4 rings (SSSR count). The summed E-state index contributed by atoms with van der Waals surface area (Å²) in [5.41, 5.74) is -0.0217. The summed E-state index contributed by atoms with van der Waals surface area (Å²) < 4.78 is 2.76. The number of aromatic amines is 1. The molecule has 10 heteroatoms. The first-order valence-corrected chi connectivity index (χ1v) is 10.7. The van der Waals surface area contributed by atoms with Crippen LogP contribution in [0.4, 0.5) is 0 Å². The molecule has 1 aliphatic carbocycles. The van der Waals surface area contributed by atoms with Gasteiger partial charge in [0, 0.05) is 18.7 Å². The molecule has 2 aromatic heterocycles. The third-order valence-corrected chi connectivity index (χ3v) is 5.31. The van der Waals surface area contributed by atoms with Gasteiger partial charge in [0.05, 0.1) is 24.9 Å². The van der Waals surface area contributed by atoms with Crippen LogP contribution >= 0.6 is 0 Å². The SMILES string of the molecule is CC(C)C[n+]1c(O)c(C(=O)NC2CC2)c(=O)n2[nH]cc(/C=C/C(=O)N3CCCCO3)c21. The predicted octanol–water partition coefficient (Wildman–Crippen LogP) is 0.736. The molecule has 2 amide bonds. The van der Waals surface area contributed by atoms with Crippen molar-refractivity contribution in [1.82, 2.24) is 20.0 Å². The smallest absolute Gasteiger partial charge is 0.378 e. The fourth-order valence-corrected chi connectivity index (χ4v) is 3.62. The number of rotatable bonds is 6. The van der Waals surface area contributed by atoms with E-state index in [1.54, 1.807) is 12.3 Å². The fraction of sp³-hybridized carbons (Fsp3) is 0.524. The van der Waals surface area contributed by atoms with Crippen molar-refractivity contribution < 1.29 is 24.1 Å². The molecule has 3 N–H and O–H groups in total. The van der Waals surface area contributed by atoms with Crippen LogP contribution in [0.2, 0.25) is 0 Å². The van der Waals surface area contributed by atoms with Crippen LogP contribution in [-0.4, -0.2) is 50.8 Å². The summed E-state index contributed by atoms with van der Waals surface area (Å²) in [5, 5.41) is 17.8. The second kappa shape index (κ2) is 8.54. The van der Waals surface area contributed by atoms with Gasteiger partial charge >= 0.3 is 17.1 Å². The summed E-state index contributed by atoms with van der Waals surface area (Å²) in [4.78, 5) is 43.4. The Hall–Kier alpha value is -3.14. The Morgan fingerprint density at radius 2 is 2.16 bits per heavy atom. The van der Waals surface area contributed by atoms with Crippen molar-refractivity contribution in [2.75, 3.05) is 13.2 Å². The summed E-state index contributed by atoms with van der Waals surface area (Å²) in [6, 6.07) is 0.0516. The van der Waals surface area contributed by atoms with Gasteiger partial charge in [-0.15, -0.1) is 0 Å². The minimum atomic E-state index is -0.643. The van der Waals surface area contributed by atoms with E-state index in [2.05, 4.69) is 10.4 Å². The summed E-state index contributed by atoms with van der Waals surface area (Å²) in [6.45, 7) is 5.36.